The molecule has 6 heteroatoms. The molecule has 0 unspecified atom stereocenters. The summed E-state index contributed by atoms with van der Waals surface area (Å²) >= 11 is 6.15. The first-order valence-corrected chi connectivity index (χ1v) is 8.50. The highest BCUT2D eigenvalue weighted by Gasteiger charge is 2.27. The van der Waals surface area contributed by atoms with Gasteiger partial charge in [0.25, 0.3) is 0 Å². The number of ether oxygens (including phenoxy) is 1. The first-order chi connectivity index (χ1) is 11.1. The molecule has 1 aliphatic rings. The maximum Gasteiger partial charge on any atom is 0.410 e. The van der Waals surface area contributed by atoms with Crippen molar-refractivity contribution in [3.63, 3.8) is 0 Å². The first kappa shape index (κ1) is 18.6. The van der Waals surface area contributed by atoms with Crippen LogP contribution in [-0.2, 0) is 4.74 Å². The molecule has 132 valence electrons. The third-order valence-corrected chi connectivity index (χ3v) is 4.34. The number of piperazine rings is 1. The Morgan fingerprint density at radius 1 is 1.12 bits per heavy atom. The Morgan fingerprint density at radius 3 is 2.21 bits per heavy atom. The van der Waals surface area contributed by atoms with E-state index in [0.29, 0.717) is 36.8 Å². The van der Waals surface area contributed by atoms with Gasteiger partial charge in [-0.3, -0.25) is 4.79 Å². The number of anilines is 1. The molecular weight excluding hydrogens is 328 g/mol. The van der Waals surface area contributed by atoms with E-state index in [2.05, 4.69) is 4.90 Å². The Bertz CT molecular complexity index is 644. The van der Waals surface area contributed by atoms with Crippen LogP contribution in [0.4, 0.5) is 10.5 Å². The van der Waals surface area contributed by atoms with Gasteiger partial charge in [-0.2, -0.15) is 0 Å². The van der Waals surface area contributed by atoms with Crippen molar-refractivity contribution in [2.75, 3.05) is 31.1 Å². The van der Waals surface area contributed by atoms with Gasteiger partial charge in [-0.15, -0.1) is 0 Å². The number of carbonyl (C=O) groups is 2. The molecule has 1 aromatic carbocycles. The van der Waals surface area contributed by atoms with Crippen LogP contribution in [0.2, 0.25) is 5.02 Å². The van der Waals surface area contributed by atoms with E-state index in [4.69, 9.17) is 16.3 Å². The highest BCUT2D eigenvalue weighted by Crippen LogP contribution is 2.29. The van der Waals surface area contributed by atoms with E-state index in [9.17, 15) is 9.59 Å². The zero-order valence-corrected chi connectivity index (χ0v) is 15.7. The second-order valence-corrected chi connectivity index (χ2v) is 7.54. The molecule has 1 fully saturated rings. The summed E-state index contributed by atoms with van der Waals surface area (Å²) in [5.41, 5.74) is 1.94. The lowest BCUT2D eigenvalue weighted by atomic mass is 10.0. The van der Waals surface area contributed by atoms with E-state index < -0.39 is 5.60 Å². The molecule has 0 bridgehead atoms. The Hall–Kier alpha value is -1.75. The second kappa shape index (κ2) is 7.01. The molecule has 1 saturated heterocycles. The molecule has 0 radical (unpaired) electrons. The molecule has 0 aromatic heterocycles. The van der Waals surface area contributed by atoms with Gasteiger partial charge in [-0.1, -0.05) is 11.6 Å². The van der Waals surface area contributed by atoms with Crippen molar-refractivity contribution in [2.45, 2.75) is 40.2 Å². The third-order valence-electron chi connectivity index (χ3n) is 3.93. The lowest BCUT2D eigenvalue weighted by Crippen LogP contribution is -2.50. The molecule has 0 spiro atoms. The van der Waals surface area contributed by atoms with Crippen molar-refractivity contribution in [2.24, 2.45) is 0 Å². The van der Waals surface area contributed by atoms with E-state index in [1.54, 1.807) is 17.9 Å². The number of rotatable bonds is 2. The molecule has 0 saturated carbocycles. The van der Waals surface area contributed by atoms with Gasteiger partial charge in [0.05, 0.1) is 0 Å². The van der Waals surface area contributed by atoms with Crippen LogP contribution in [0.15, 0.2) is 12.1 Å². The van der Waals surface area contributed by atoms with Crippen LogP contribution in [0, 0.1) is 6.92 Å². The van der Waals surface area contributed by atoms with Gasteiger partial charge < -0.3 is 14.5 Å². The molecule has 1 aromatic rings. The van der Waals surface area contributed by atoms with E-state index in [0.717, 1.165) is 11.3 Å². The minimum Gasteiger partial charge on any atom is -0.444 e. The average Bonchev–Trinajstić information content (AvgIpc) is 2.48. The Balaban J connectivity index is 2.11. The Kier molecular flexibility index (Phi) is 5.43. The quantitative estimate of drug-likeness (QED) is 0.757. The minimum atomic E-state index is -0.497. The SMILES string of the molecule is CC(=O)c1cc(Cl)c(C)cc1N1CCN(C(=O)OC(C)(C)C)CC1. The van der Waals surface area contributed by atoms with Crippen LogP contribution in [0.1, 0.15) is 43.6 Å². The number of amides is 1. The minimum absolute atomic E-state index is 0.0125. The van der Waals surface area contributed by atoms with Crippen molar-refractivity contribution >= 4 is 29.2 Å². The Morgan fingerprint density at radius 2 is 1.71 bits per heavy atom. The summed E-state index contributed by atoms with van der Waals surface area (Å²) in [5, 5.41) is 0.594. The third kappa shape index (κ3) is 4.41. The van der Waals surface area contributed by atoms with Gasteiger partial charge in [0, 0.05) is 42.5 Å². The van der Waals surface area contributed by atoms with Gasteiger partial charge in [0.15, 0.2) is 5.78 Å². The van der Waals surface area contributed by atoms with Crippen LogP contribution in [0.25, 0.3) is 0 Å². The fraction of sp³-hybridized carbons (Fsp3) is 0.556. The van der Waals surface area contributed by atoms with Gasteiger partial charge in [-0.05, 0) is 52.3 Å². The number of nitrogens with zero attached hydrogens (tertiary/aromatic N) is 2. The number of halogens is 1. The van der Waals surface area contributed by atoms with Crippen LogP contribution in [0.5, 0.6) is 0 Å². The maximum absolute atomic E-state index is 12.1. The summed E-state index contributed by atoms with van der Waals surface area (Å²) in [7, 11) is 0. The number of aryl methyl sites for hydroxylation is 1. The van der Waals surface area contributed by atoms with Crippen LogP contribution in [-0.4, -0.2) is 48.6 Å². The van der Waals surface area contributed by atoms with Gasteiger partial charge in [0.2, 0.25) is 0 Å². The molecular formula is C18H25ClN2O3. The standard InChI is InChI=1S/C18H25ClN2O3/c1-12-10-16(14(13(2)22)11-15(12)19)20-6-8-21(9-7-20)17(23)24-18(3,4)5/h10-11H,6-9H2,1-5H3. The molecule has 0 atom stereocenters. The highest BCUT2D eigenvalue weighted by atomic mass is 35.5. The highest BCUT2D eigenvalue weighted by molar-refractivity contribution is 6.32. The van der Waals surface area contributed by atoms with Crippen LogP contribution < -0.4 is 4.90 Å². The van der Waals surface area contributed by atoms with E-state index in [1.165, 1.54) is 0 Å². The molecule has 1 aliphatic heterocycles. The van der Waals surface area contributed by atoms with Gasteiger partial charge >= 0.3 is 6.09 Å². The van der Waals surface area contributed by atoms with Crippen molar-refractivity contribution in [3.8, 4) is 0 Å². The van der Waals surface area contributed by atoms with Gasteiger partial charge in [-0.25, -0.2) is 4.79 Å². The van der Waals surface area contributed by atoms with Gasteiger partial charge in [0.1, 0.15) is 5.60 Å². The van der Waals surface area contributed by atoms with Crippen molar-refractivity contribution in [3.05, 3.63) is 28.3 Å². The maximum atomic E-state index is 12.1. The summed E-state index contributed by atoms with van der Waals surface area (Å²) in [6.07, 6.45) is -0.291. The molecule has 5 nitrogen and oxygen atoms in total. The number of Topliss-reactive ketones (excluding diaryl/α,β-unsaturated/α-hetero) is 1. The van der Waals surface area contributed by atoms with E-state index in [-0.39, 0.29) is 11.9 Å². The summed E-state index contributed by atoms with van der Waals surface area (Å²) < 4.78 is 5.41. The van der Waals surface area contributed by atoms with Crippen LogP contribution in [0.3, 0.4) is 0 Å². The smallest absolute Gasteiger partial charge is 0.410 e. The second-order valence-electron chi connectivity index (χ2n) is 7.13. The number of benzene rings is 1. The normalized spacial score (nSPS) is 15.4. The summed E-state index contributed by atoms with van der Waals surface area (Å²) in [6, 6.07) is 3.68. The largest absolute Gasteiger partial charge is 0.444 e. The number of ketones is 1. The zero-order valence-electron chi connectivity index (χ0n) is 15.0. The molecule has 1 heterocycles. The fourth-order valence-corrected chi connectivity index (χ4v) is 2.83. The molecule has 24 heavy (non-hydrogen) atoms. The van der Waals surface area contributed by atoms with E-state index >= 15 is 0 Å². The Labute approximate surface area is 148 Å². The van der Waals surface area contributed by atoms with E-state index in [1.807, 2.05) is 33.8 Å². The first-order valence-electron chi connectivity index (χ1n) is 8.12. The van der Waals surface area contributed by atoms with Crippen LogP contribution >= 0.6 is 11.6 Å². The lowest BCUT2D eigenvalue weighted by Gasteiger charge is -2.37. The monoisotopic (exact) mass is 352 g/mol. The fourth-order valence-electron chi connectivity index (χ4n) is 2.67. The number of carbonyl (C=O) groups excluding carboxylic acids is 2. The lowest BCUT2D eigenvalue weighted by molar-refractivity contribution is 0.0240. The topological polar surface area (TPSA) is 49.9 Å². The number of hydrogen-bond donors (Lipinski definition) is 0. The van der Waals surface area contributed by atoms with Crippen molar-refractivity contribution in [1.82, 2.24) is 4.90 Å². The summed E-state index contributed by atoms with van der Waals surface area (Å²) in [4.78, 5) is 27.9. The van der Waals surface area contributed by atoms with Crippen molar-refractivity contribution in [1.29, 1.82) is 0 Å². The molecule has 1 amide bonds. The molecule has 0 N–H and O–H groups in total. The molecule has 2 rings (SSSR count). The number of hydrogen-bond acceptors (Lipinski definition) is 4. The molecule has 0 aliphatic carbocycles. The summed E-state index contributed by atoms with van der Waals surface area (Å²) in [5.74, 6) is -0.0125. The van der Waals surface area contributed by atoms with Crippen molar-refractivity contribution < 1.29 is 14.3 Å². The predicted octanol–water partition coefficient (Wildman–Crippen LogP) is 3.91. The predicted molar refractivity (Wildman–Crippen MR) is 96.2 cm³/mol. The zero-order chi connectivity index (χ0) is 18.1. The summed E-state index contributed by atoms with van der Waals surface area (Å²) in [6.45, 7) is 11.5. The average molecular weight is 353 g/mol.